The fourth-order valence-corrected chi connectivity index (χ4v) is 6.42. The number of hydrogen-bond acceptors (Lipinski definition) is 7. The molecule has 0 atom stereocenters. The zero-order chi connectivity index (χ0) is 24.6. The molecule has 0 fully saturated rings. The lowest BCUT2D eigenvalue weighted by Crippen LogP contribution is -2.33. The van der Waals surface area contributed by atoms with Crippen LogP contribution in [0.2, 0.25) is 0 Å². The van der Waals surface area contributed by atoms with Crippen molar-refractivity contribution in [3.05, 3.63) is 93.8 Å². The minimum absolute atomic E-state index is 0.0894. The van der Waals surface area contributed by atoms with Gasteiger partial charge in [0.15, 0.2) is 0 Å². The van der Waals surface area contributed by atoms with E-state index in [4.69, 9.17) is 4.74 Å². The van der Waals surface area contributed by atoms with E-state index in [2.05, 4.69) is 13.7 Å². The standard InChI is InChI=1S/C25H22N4O4S2/c1-16-8-10-22-23(28-34-27-22)24(16)35(31,32)29(14-17-6-4-3-5-7-17)15-19-12-18-13-20(33-2)9-11-21(18)26-25(19)30/h3-13H,14-15H2,1-2H3,(H,26,30). The maximum atomic E-state index is 14.1. The number of methoxy groups -OCH3 is 1. The summed E-state index contributed by atoms with van der Waals surface area (Å²) < 4.78 is 43.2. The zero-order valence-corrected chi connectivity index (χ0v) is 20.7. The number of pyridine rings is 1. The van der Waals surface area contributed by atoms with Crippen molar-refractivity contribution in [3.8, 4) is 5.75 Å². The van der Waals surface area contributed by atoms with E-state index in [-0.39, 0.29) is 23.5 Å². The van der Waals surface area contributed by atoms with Crippen molar-refractivity contribution in [1.82, 2.24) is 18.0 Å². The van der Waals surface area contributed by atoms with Crippen LogP contribution in [0, 0.1) is 6.92 Å². The van der Waals surface area contributed by atoms with Crippen molar-refractivity contribution >= 4 is 43.7 Å². The van der Waals surface area contributed by atoms with E-state index in [0.29, 0.717) is 33.4 Å². The highest BCUT2D eigenvalue weighted by atomic mass is 32.2. The molecule has 0 radical (unpaired) electrons. The molecule has 178 valence electrons. The average Bonchev–Trinajstić information content (AvgIpc) is 3.32. The van der Waals surface area contributed by atoms with Crippen LogP contribution < -0.4 is 10.3 Å². The molecule has 0 bridgehead atoms. The van der Waals surface area contributed by atoms with Gasteiger partial charge in [-0.05, 0) is 48.4 Å². The molecule has 0 aliphatic heterocycles. The Morgan fingerprint density at radius 1 is 1.00 bits per heavy atom. The number of ether oxygens (including phenoxy) is 1. The summed E-state index contributed by atoms with van der Waals surface area (Å²) in [6.07, 6.45) is 0. The molecular weight excluding hydrogens is 484 g/mol. The Hall–Kier alpha value is -3.60. The van der Waals surface area contributed by atoms with E-state index < -0.39 is 10.0 Å². The van der Waals surface area contributed by atoms with Gasteiger partial charge >= 0.3 is 0 Å². The smallest absolute Gasteiger partial charge is 0.252 e. The molecule has 0 aliphatic rings. The number of nitrogens with zero attached hydrogens (tertiary/aromatic N) is 3. The molecule has 0 saturated heterocycles. The molecule has 0 spiro atoms. The normalized spacial score (nSPS) is 12.0. The van der Waals surface area contributed by atoms with E-state index in [0.717, 1.165) is 22.7 Å². The number of aromatic amines is 1. The van der Waals surface area contributed by atoms with Crippen molar-refractivity contribution < 1.29 is 13.2 Å². The molecule has 8 nitrogen and oxygen atoms in total. The fourth-order valence-electron chi connectivity index (χ4n) is 4.06. The largest absolute Gasteiger partial charge is 0.497 e. The summed E-state index contributed by atoms with van der Waals surface area (Å²) in [4.78, 5) is 15.9. The number of hydrogen-bond donors (Lipinski definition) is 1. The predicted octanol–water partition coefficient (Wildman–Crippen LogP) is 4.24. The van der Waals surface area contributed by atoms with Gasteiger partial charge < -0.3 is 9.72 Å². The Morgan fingerprint density at radius 2 is 1.80 bits per heavy atom. The summed E-state index contributed by atoms with van der Waals surface area (Å²) >= 11 is 0.969. The molecule has 0 aliphatic carbocycles. The van der Waals surface area contributed by atoms with Crippen LogP contribution >= 0.6 is 11.7 Å². The summed E-state index contributed by atoms with van der Waals surface area (Å²) in [5.41, 5.74) is 2.86. The van der Waals surface area contributed by atoms with Crippen molar-refractivity contribution in [2.75, 3.05) is 7.11 Å². The number of H-pyrrole nitrogens is 1. The van der Waals surface area contributed by atoms with Crippen molar-refractivity contribution in [3.63, 3.8) is 0 Å². The van der Waals surface area contributed by atoms with Crippen LogP contribution in [0.1, 0.15) is 16.7 Å². The number of fused-ring (bicyclic) bond motifs is 2. The molecule has 0 amide bonds. The molecular formula is C25H22N4O4S2. The Morgan fingerprint density at radius 3 is 2.57 bits per heavy atom. The van der Waals surface area contributed by atoms with Crippen LogP contribution in [0.4, 0.5) is 0 Å². The maximum Gasteiger partial charge on any atom is 0.252 e. The monoisotopic (exact) mass is 506 g/mol. The van der Waals surface area contributed by atoms with Gasteiger partial charge in [-0.15, -0.1) is 0 Å². The Labute approximate surface area is 206 Å². The van der Waals surface area contributed by atoms with Crippen LogP contribution in [0.3, 0.4) is 0 Å². The quantitative estimate of drug-likeness (QED) is 0.354. The van der Waals surface area contributed by atoms with E-state index in [1.165, 1.54) is 4.31 Å². The first-order chi connectivity index (χ1) is 16.9. The molecule has 5 aromatic rings. The van der Waals surface area contributed by atoms with Crippen LogP contribution in [-0.2, 0) is 23.1 Å². The van der Waals surface area contributed by atoms with Crippen LogP contribution in [0.25, 0.3) is 21.9 Å². The molecule has 5 rings (SSSR count). The number of benzene rings is 3. The maximum absolute atomic E-state index is 14.1. The molecule has 0 saturated carbocycles. The van der Waals surface area contributed by atoms with Gasteiger partial charge in [0, 0.05) is 29.6 Å². The average molecular weight is 507 g/mol. The van der Waals surface area contributed by atoms with E-state index >= 15 is 0 Å². The van der Waals surface area contributed by atoms with Crippen LogP contribution in [-0.4, -0.2) is 33.6 Å². The third-order valence-electron chi connectivity index (χ3n) is 5.85. The highest BCUT2D eigenvalue weighted by Crippen LogP contribution is 2.30. The van der Waals surface area contributed by atoms with E-state index in [9.17, 15) is 13.2 Å². The fraction of sp³-hybridized carbons (Fsp3) is 0.160. The van der Waals surface area contributed by atoms with Crippen molar-refractivity contribution in [1.29, 1.82) is 0 Å². The molecule has 1 N–H and O–H groups in total. The number of nitrogens with one attached hydrogen (secondary N) is 1. The highest BCUT2D eigenvalue weighted by Gasteiger charge is 2.30. The van der Waals surface area contributed by atoms with Gasteiger partial charge in [-0.25, -0.2) is 8.42 Å². The molecule has 0 unspecified atom stereocenters. The second-order valence-corrected chi connectivity index (χ2v) is 10.6. The molecule has 35 heavy (non-hydrogen) atoms. The van der Waals surface area contributed by atoms with Gasteiger partial charge in [0.25, 0.3) is 5.56 Å². The van der Waals surface area contributed by atoms with E-state index in [1.807, 2.05) is 30.3 Å². The SMILES string of the molecule is COc1ccc2[nH]c(=O)c(CN(Cc3ccccc3)S(=O)(=O)c3c(C)ccc4nsnc34)cc2c1. The van der Waals surface area contributed by atoms with Crippen molar-refractivity contribution in [2.24, 2.45) is 0 Å². The topological polar surface area (TPSA) is 105 Å². The van der Waals surface area contributed by atoms with Crippen molar-refractivity contribution in [2.45, 2.75) is 24.9 Å². The third-order valence-corrected chi connectivity index (χ3v) is 8.36. The van der Waals surface area contributed by atoms with Crippen LogP contribution in [0.15, 0.2) is 76.4 Å². The van der Waals surface area contributed by atoms with Gasteiger partial charge in [0.1, 0.15) is 21.7 Å². The molecule has 3 aromatic carbocycles. The predicted molar refractivity (Wildman–Crippen MR) is 136 cm³/mol. The second kappa shape index (κ2) is 9.21. The van der Waals surface area contributed by atoms with Gasteiger partial charge in [-0.3, -0.25) is 4.79 Å². The Kier molecular flexibility index (Phi) is 6.10. The Bertz CT molecular complexity index is 1700. The Balaban J connectivity index is 1.64. The molecule has 2 heterocycles. The summed E-state index contributed by atoms with van der Waals surface area (Å²) in [6, 6.07) is 19.8. The summed E-state index contributed by atoms with van der Waals surface area (Å²) in [5, 5.41) is 0.748. The highest BCUT2D eigenvalue weighted by molar-refractivity contribution is 7.89. The van der Waals surface area contributed by atoms with Gasteiger partial charge in [-0.1, -0.05) is 36.4 Å². The number of sulfonamides is 1. The first kappa shape index (κ1) is 23.2. The lowest BCUT2D eigenvalue weighted by molar-refractivity contribution is 0.400. The minimum Gasteiger partial charge on any atom is -0.497 e. The number of aryl methyl sites for hydroxylation is 1. The van der Waals surface area contributed by atoms with Gasteiger partial charge in [0.05, 0.1) is 18.8 Å². The van der Waals surface area contributed by atoms with Gasteiger partial charge in [-0.2, -0.15) is 13.1 Å². The molecule has 10 heteroatoms. The number of rotatable bonds is 7. The summed E-state index contributed by atoms with van der Waals surface area (Å²) in [6.45, 7) is 1.71. The van der Waals surface area contributed by atoms with Gasteiger partial charge in [0.2, 0.25) is 10.0 Å². The van der Waals surface area contributed by atoms with E-state index in [1.54, 1.807) is 50.4 Å². The van der Waals surface area contributed by atoms with Crippen LogP contribution in [0.5, 0.6) is 5.75 Å². The summed E-state index contributed by atoms with van der Waals surface area (Å²) in [7, 11) is -2.48. The number of aromatic nitrogens is 3. The lowest BCUT2D eigenvalue weighted by atomic mass is 10.1. The zero-order valence-electron chi connectivity index (χ0n) is 19.1. The third kappa shape index (κ3) is 4.43. The summed E-state index contributed by atoms with van der Waals surface area (Å²) in [5.74, 6) is 0.641. The minimum atomic E-state index is -4.05. The molecule has 2 aromatic heterocycles. The second-order valence-electron chi connectivity index (χ2n) is 8.18. The first-order valence-electron chi connectivity index (χ1n) is 10.8. The first-order valence-corrected chi connectivity index (χ1v) is 13.0. The lowest BCUT2D eigenvalue weighted by Gasteiger charge is -2.23.